The van der Waals surface area contributed by atoms with Crippen molar-refractivity contribution in [3.8, 4) is 17.2 Å². The summed E-state index contributed by atoms with van der Waals surface area (Å²) in [5.41, 5.74) is 9.32. The molecule has 1 aromatic heterocycles. The molecule has 0 bridgehead atoms. The third-order valence-corrected chi connectivity index (χ3v) is 6.32. The van der Waals surface area contributed by atoms with Gasteiger partial charge in [0.15, 0.2) is 0 Å². The second-order valence-corrected chi connectivity index (χ2v) is 8.29. The van der Waals surface area contributed by atoms with Crippen molar-refractivity contribution in [3.05, 3.63) is 59.3 Å². The molecular weight excluding hydrogens is 412 g/mol. The van der Waals surface area contributed by atoms with Crippen LogP contribution in [0.2, 0.25) is 0 Å². The fourth-order valence-electron chi connectivity index (χ4n) is 3.67. The zero-order valence-corrected chi connectivity index (χ0v) is 18.7. The van der Waals surface area contributed by atoms with E-state index >= 15 is 0 Å². The van der Waals surface area contributed by atoms with Crippen molar-refractivity contribution in [1.82, 2.24) is 14.9 Å². The van der Waals surface area contributed by atoms with E-state index in [0.717, 1.165) is 57.9 Å². The Kier molecular flexibility index (Phi) is 6.48. The summed E-state index contributed by atoms with van der Waals surface area (Å²) in [6, 6.07) is 13.9. The number of fused-ring (bicyclic) bond motifs is 1. The minimum absolute atomic E-state index is 0.304. The van der Waals surface area contributed by atoms with Gasteiger partial charge < -0.3 is 19.9 Å². The van der Waals surface area contributed by atoms with Gasteiger partial charge in [-0.3, -0.25) is 4.90 Å². The minimum Gasteiger partial charge on any atom is -0.497 e. The average Bonchev–Trinajstić information content (AvgIpc) is 2.79. The Hall–Kier alpha value is -2.97. The van der Waals surface area contributed by atoms with Gasteiger partial charge in [0.05, 0.1) is 27.0 Å². The molecule has 2 heterocycles. The van der Waals surface area contributed by atoms with E-state index in [1.807, 2.05) is 42.5 Å². The quantitative estimate of drug-likeness (QED) is 0.558. The first kappa shape index (κ1) is 21.3. The van der Waals surface area contributed by atoms with Crippen LogP contribution in [0.3, 0.4) is 0 Å². The van der Waals surface area contributed by atoms with Gasteiger partial charge in [-0.1, -0.05) is 17.8 Å². The predicted octanol–water partition coefficient (Wildman–Crippen LogP) is 3.79. The SMILES string of the molecule is COc1ccc(Sc2nc(N)nc3c2CCN(Cc2ccc(OC)cc2OC)C3)cc1. The Labute approximate surface area is 186 Å². The molecule has 0 unspecified atom stereocenters. The minimum atomic E-state index is 0.304. The van der Waals surface area contributed by atoms with Gasteiger partial charge in [-0.25, -0.2) is 9.97 Å². The first-order valence-electron chi connectivity index (χ1n) is 10.00. The zero-order valence-electron chi connectivity index (χ0n) is 17.9. The Bertz CT molecular complexity index is 1060. The molecule has 31 heavy (non-hydrogen) atoms. The van der Waals surface area contributed by atoms with Crippen LogP contribution in [0.5, 0.6) is 17.2 Å². The van der Waals surface area contributed by atoms with Crippen molar-refractivity contribution < 1.29 is 14.2 Å². The lowest BCUT2D eigenvalue weighted by atomic mass is 10.1. The zero-order chi connectivity index (χ0) is 21.8. The summed E-state index contributed by atoms with van der Waals surface area (Å²) in [6.45, 7) is 2.39. The highest BCUT2D eigenvalue weighted by atomic mass is 32.2. The van der Waals surface area contributed by atoms with Crippen LogP contribution in [-0.2, 0) is 19.5 Å². The normalized spacial score (nSPS) is 13.5. The van der Waals surface area contributed by atoms with E-state index in [9.17, 15) is 0 Å². The number of aromatic nitrogens is 2. The fourth-order valence-corrected chi connectivity index (χ4v) is 4.64. The molecule has 0 aliphatic carbocycles. The van der Waals surface area contributed by atoms with E-state index in [1.165, 1.54) is 5.56 Å². The van der Waals surface area contributed by atoms with E-state index in [-0.39, 0.29) is 0 Å². The Morgan fingerprint density at radius 2 is 1.71 bits per heavy atom. The number of hydrogen-bond acceptors (Lipinski definition) is 8. The Morgan fingerprint density at radius 3 is 2.42 bits per heavy atom. The Balaban J connectivity index is 1.53. The molecule has 7 nitrogen and oxygen atoms in total. The standard InChI is InChI=1S/C23H26N4O3S/c1-28-16-6-8-18(9-7-16)31-22-19-10-11-27(14-20(19)25-23(24)26-22)13-15-4-5-17(29-2)12-21(15)30-3/h4-9,12H,10-11,13-14H2,1-3H3,(H2,24,25,26). The van der Waals surface area contributed by atoms with Crippen molar-refractivity contribution >= 4 is 17.7 Å². The molecule has 162 valence electrons. The van der Waals surface area contributed by atoms with Gasteiger partial charge >= 0.3 is 0 Å². The number of benzene rings is 2. The largest absolute Gasteiger partial charge is 0.497 e. The van der Waals surface area contributed by atoms with Gasteiger partial charge in [0.1, 0.15) is 22.3 Å². The maximum absolute atomic E-state index is 6.05. The molecule has 2 aromatic carbocycles. The highest BCUT2D eigenvalue weighted by Gasteiger charge is 2.23. The van der Waals surface area contributed by atoms with Crippen molar-refractivity contribution in [2.75, 3.05) is 33.6 Å². The number of nitrogens with zero attached hydrogens (tertiary/aromatic N) is 3. The molecule has 0 fully saturated rings. The van der Waals surface area contributed by atoms with E-state index < -0.39 is 0 Å². The molecule has 1 aliphatic heterocycles. The topological polar surface area (TPSA) is 82.7 Å². The van der Waals surface area contributed by atoms with E-state index in [1.54, 1.807) is 33.1 Å². The number of ether oxygens (including phenoxy) is 3. The van der Waals surface area contributed by atoms with Gasteiger partial charge in [0.2, 0.25) is 5.95 Å². The first-order valence-corrected chi connectivity index (χ1v) is 10.8. The van der Waals surface area contributed by atoms with Gasteiger partial charge in [0.25, 0.3) is 0 Å². The van der Waals surface area contributed by atoms with Crippen molar-refractivity contribution in [2.45, 2.75) is 29.4 Å². The van der Waals surface area contributed by atoms with Crippen LogP contribution in [0.4, 0.5) is 5.95 Å². The highest BCUT2D eigenvalue weighted by molar-refractivity contribution is 7.99. The summed E-state index contributed by atoms with van der Waals surface area (Å²) < 4.78 is 16.1. The third-order valence-electron chi connectivity index (χ3n) is 5.29. The molecular formula is C23H26N4O3S. The summed E-state index contributed by atoms with van der Waals surface area (Å²) in [5, 5.41) is 0.925. The molecule has 3 aromatic rings. The number of rotatable bonds is 7. The summed E-state index contributed by atoms with van der Waals surface area (Å²) in [5.74, 6) is 2.74. The van der Waals surface area contributed by atoms with E-state index in [4.69, 9.17) is 19.9 Å². The molecule has 8 heteroatoms. The molecule has 0 spiro atoms. The molecule has 0 saturated heterocycles. The lowest BCUT2D eigenvalue weighted by Gasteiger charge is -2.29. The second kappa shape index (κ2) is 9.45. The summed E-state index contributed by atoms with van der Waals surface area (Å²) in [4.78, 5) is 12.5. The predicted molar refractivity (Wildman–Crippen MR) is 121 cm³/mol. The summed E-state index contributed by atoms with van der Waals surface area (Å²) >= 11 is 1.61. The van der Waals surface area contributed by atoms with Crippen LogP contribution in [0.1, 0.15) is 16.8 Å². The van der Waals surface area contributed by atoms with Gasteiger partial charge in [-0.2, -0.15) is 0 Å². The second-order valence-electron chi connectivity index (χ2n) is 7.23. The molecule has 2 N–H and O–H groups in total. The van der Waals surface area contributed by atoms with E-state index in [0.29, 0.717) is 12.5 Å². The maximum Gasteiger partial charge on any atom is 0.221 e. The molecule has 0 amide bonds. The summed E-state index contributed by atoms with van der Waals surface area (Å²) in [7, 11) is 5.00. The van der Waals surface area contributed by atoms with Gasteiger partial charge in [-0.15, -0.1) is 0 Å². The number of nitrogens with two attached hydrogens (primary N) is 1. The van der Waals surface area contributed by atoms with Crippen molar-refractivity contribution in [2.24, 2.45) is 0 Å². The van der Waals surface area contributed by atoms with Crippen molar-refractivity contribution in [3.63, 3.8) is 0 Å². The van der Waals surface area contributed by atoms with Crippen molar-refractivity contribution in [1.29, 1.82) is 0 Å². The molecule has 4 rings (SSSR count). The average molecular weight is 439 g/mol. The maximum atomic E-state index is 6.05. The third kappa shape index (κ3) is 4.86. The Morgan fingerprint density at radius 1 is 0.968 bits per heavy atom. The van der Waals surface area contributed by atoms with Crippen LogP contribution in [0.25, 0.3) is 0 Å². The van der Waals surface area contributed by atoms with E-state index in [2.05, 4.69) is 14.9 Å². The molecule has 0 radical (unpaired) electrons. The van der Waals surface area contributed by atoms with Gasteiger partial charge in [0, 0.05) is 41.7 Å². The smallest absolute Gasteiger partial charge is 0.221 e. The van der Waals surface area contributed by atoms with Crippen LogP contribution < -0.4 is 19.9 Å². The van der Waals surface area contributed by atoms with Crippen LogP contribution >= 0.6 is 11.8 Å². The fraction of sp³-hybridized carbons (Fsp3) is 0.304. The lowest BCUT2D eigenvalue weighted by Crippen LogP contribution is -2.31. The lowest BCUT2D eigenvalue weighted by molar-refractivity contribution is 0.236. The van der Waals surface area contributed by atoms with Crippen LogP contribution in [-0.4, -0.2) is 42.7 Å². The molecule has 0 saturated carbocycles. The van der Waals surface area contributed by atoms with Crippen LogP contribution in [0.15, 0.2) is 52.4 Å². The number of hydrogen-bond donors (Lipinski definition) is 1. The highest BCUT2D eigenvalue weighted by Crippen LogP contribution is 2.34. The molecule has 1 aliphatic rings. The monoisotopic (exact) mass is 438 g/mol. The number of methoxy groups -OCH3 is 3. The van der Waals surface area contributed by atoms with Gasteiger partial charge in [-0.05, 0) is 36.8 Å². The summed E-state index contributed by atoms with van der Waals surface area (Å²) in [6.07, 6.45) is 0.868. The molecule has 0 atom stereocenters. The first-order chi connectivity index (χ1) is 15.1. The number of nitrogen functional groups attached to an aromatic ring is 1. The number of anilines is 1. The van der Waals surface area contributed by atoms with Crippen LogP contribution in [0, 0.1) is 0 Å².